The third-order valence-electron chi connectivity index (χ3n) is 5.96. The summed E-state index contributed by atoms with van der Waals surface area (Å²) in [5.41, 5.74) is 0.928. The Morgan fingerprint density at radius 3 is 2.13 bits per heavy atom. The van der Waals surface area contributed by atoms with Crippen molar-refractivity contribution in [3.05, 3.63) is 0 Å². The fourth-order valence-electron chi connectivity index (χ4n) is 3.67. The first-order valence-electron chi connectivity index (χ1n) is 9.19. The van der Waals surface area contributed by atoms with E-state index >= 15 is 0 Å². The predicted octanol–water partition coefficient (Wildman–Crippen LogP) is 3.95. The number of rotatable bonds is 9. The van der Waals surface area contributed by atoms with Gasteiger partial charge in [-0.1, -0.05) is 19.8 Å². The molecular weight excluding hydrogens is 401 g/mol. The van der Waals surface area contributed by atoms with Gasteiger partial charge in [-0.2, -0.15) is 0 Å². The van der Waals surface area contributed by atoms with Crippen molar-refractivity contribution in [1.82, 2.24) is 10.6 Å². The molecule has 2 aliphatic carbocycles. The van der Waals surface area contributed by atoms with Crippen LogP contribution >= 0.6 is 24.0 Å². The molecule has 0 heterocycles. The van der Waals surface area contributed by atoms with Crippen molar-refractivity contribution in [2.24, 2.45) is 15.8 Å². The van der Waals surface area contributed by atoms with E-state index in [4.69, 9.17) is 9.73 Å². The van der Waals surface area contributed by atoms with E-state index in [9.17, 15) is 0 Å². The van der Waals surface area contributed by atoms with E-state index in [1.807, 2.05) is 0 Å². The van der Waals surface area contributed by atoms with Crippen LogP contribution in [0.15, 0.2) is 4.99 Å². The molecule has 2 fully saturated rings. The highest BCUT2D eigenvalue weighted by Crippen LogP contribution is 2.44. The summed E-state index contributed by atoms with van der Waals surface area (Å²) in [5, 5.41) is 7.01. The Balaban J connectivity index is 0.00000264. The molecule has 136 valence electrons. The van der Waals surface area contributed by atoms with Crippen LogP contribution < -0.4 is 10.6 Å². The lowest BCUT2D eigenvalue weighted by Gasteiger charge is -2.42. The van der Waals surface area contributed by atoms with E-state index in [1.165, 1.54) is 44.9 Å². The molecule has 0 radical (unpaired) electrons. The Bertz CT molecular complexity index is 360. The van der Waals surface area contributed by atoms with Crippen molar-refractivity contribution >= 4 is 29.9 Å². The van der Waals surface area contributed by atoms with Gasteiger partial charge >= 0.3 is 0 Å². The molecular formula is C18H36IN3O. The summed E-state index contributed by atoms with van der Waals surface area (Å²) in [6.45, 7) is 8.25. The average Bonchev–Trinajstić information content (AvgIpc) is 2.45. The molecule has 23 heavy (non-hydrogen) atoms. The lowest BCUT2D eigenvalue weighted by atomic mass is 9.67. The van der Waals surface area contributed by atoms with Gasteiger partial charge in [0.15, 0.2) is 5.96 Å². The summed E-state index contributed by atoms with van der Waals surface area (Å²) in [6, 6.07) is 0. The third-order valence-corrected chi connectivity index (χ3v) is 5.96. The SMILES string of the molecule is CCNC(=NCC1(CCOC)CCC1)NCC1(CC)CCC1.I. The highest BCUT2D eigenvalue weighted by Gasteiger charge is 2.37. The van der Waals surface area contributed by atoms with Crippen LogP contribution in [-0.2, 0) is 4.74 Å². The van der Waals surface area contributed by atoms with Crippen LogP contribution in [0.4, 0.5) is 0 Å². The van der Waals surface area contributed by atoms with Gasteiger partial charge in [-0.15, -0.1) is 24.0 Å². The van der Waals surface area contributed by atoms with Crippen LogP contribution in [0.3, 0.4) is 0 Å². The van der Waals surface area contributed by atoms with Gasteiger partial charge in [-0.25, -0.2) is 0 Å². The van der Waals surface area contributed by atoms with E-state index < -0.39 is 0 Å². The van der Waals surface area contributed by atoms with E-state index in [-0.39, 0.29) is 24.0 Å². The van der Waals surface area contributed by atoms with Gasteiger partial charge in [-0.3, -0.25) is 4.99 Å². The molecule has 2 saturated carbocycles. The van der Waals surface area contributed by atoms with Crippen LogP contribution in [0.1, 0.15) is 65.2 Å². The number of nitrogens with one attached hydrogen (secondary N) is 2. The number of hydrogen-bond acceptors (Lipinski definition) is 2. The van der Waals surface area contributed by atoms with Gasteiger partial charge in [0.25, 0.3) is 0 Å². The number of nitrogens with zero attached hydrogens (tertiary/aromatic N) is 1. The molecule has 0 bridgehead atoms. The smallest absolute Gasteiger partial charge is 0.191 e. The summed E-state index contributed by atoms with van der Waals surface area (Å²) < 4.78 is 5.28. The van der Waals surface area contributed by atoms with Gasteiger partial charge in [0.1, 0.15) is 0 Å². The first-order valence-corrected chi connectivity index (χ1v) is 9.19. The summed E-state index contributed by atoms with van der Waals surface area (Å²) in [7, 11) is 1.80. The van der Waals surface area contributed by atoms with Crippen molar-refractivity contribution in [3.8, 4) is 0 Å². The molecule has 0 spiro atoms. The van der Waals surface area contributed by atoms with E-state index in [2.05, 4.69) is 24.5 Å². The second-order valence-corrected chi connectivity index (χ2v) is 7.35. The average molecular weight is 437 g/mol. The third kappa shape index (κ3) is 5.76. The van der Waals surface area contributed by atoms with Gasteiger partial charge in [0.05, 0.1) is 0 Å². The fourth-order valence-corrected chi connectivity index (χ4v) is 3.67. The highest BCUT2D eigenvalue weighted by atomic mass is 127. The Morgan fingerprint density at radius 1 is 1.04 bits per heavy atom. The molecule has 0 saturated heterocycles. The first-order chi connectivity index (χ1) is 10.7. The van der Waals surface area contributed by atoms with Crippen LogP contribution in [0.2, 0.25) is 0 Å². The first kappa shape index (κ1) is 21.0. The molecule has 2 N–H and O–H groups in total. The molecule has 2 aliphatic rings. The fraction of sp³-hybridized carbons (Fsp3) is 0.944. The van der Waals surface area contributed by atoms with E-state index in [0.29, 0.717) is 10.8 Å². The molecule has 5 heteroatoms. The zero-order chi connectivity index (χ0) is 15.9. The van der Waals surface area contributed by atoms with Crippen LogP contribution in [-0.4, -0.2) is 39.3 Å². The van der Waals surface area contributed by atoms with Crippen molar-refractivity contribution in [2.75, 3.05) is 33.4 Å². The Morgan fingerprint density at radius 2 is 1.70 bits per heavy atom. The second kappa shape index (κ2) is 10.1. The molecule has 4 nitrogen and oxygen atoms in total. The minimum atomic E-state index is 0. The summed E-state index contributed by atoms with van der Waals surface area (Å²) in [4.78, 5) is 4.90. The van der Waals surface area contributed by atoms with E-state index in [1.54, 1.807) is 7.11 Å². The van der Waals surface area contributed by atoms with Gasteiger partial charge in [0.2, 0.25) is 0 Å². The number of methoxy groups -OCH3 is 1. The molecule has 0 aliphatic heterocycles. The highest BCUT2D eigenvalue weighted by molar-refractivity contribution is 14.0. The number of halogens is 1. The normalized spacial score (nSPS) is 21.6. The predicted molar refractivity (Wildman–Crippen MR) is 109 cm³/mol. The Hall–Kier alpha value is -0.0400. The van der Waals surface area contributed by atoms with Crippen LogP contribution in [0.5, 0.6) is 0 Å². The summed E-state index contributed by atoms with van der Waals surface area (Å²) >= 11 is 0. The van der Waals surface area contributed by atoms with Gasteiger partial charge in [0, 0.05) is 33.4 Å². The molecule has 0 aromatic rings. The second-order valence-electron chi connectivity index (χ2n) is 7.35. The number of hydrogen-bond donors (Lipinski definition) is 2. The van der Waals surface area contributed by atoms with Gasteiger partial charge < -0.3 is 15.4 Å². The molecule has 0 aromatic carbocycles. The van der Waals surface area contributed by atoms with E-state index in [0.717, 1.165) is 38.6 Å². The summed E-state index contributed by atoms with van der Waals surface area (Å²) in [5.74, 6) is 1.01. The molecule has 0 unspecified atom stereocenters. The Labute approximate surface area is 159 Å². The van der Waals surface area contributed by atoms with Crippen molar-refractivity contribution in [3.63, 3.8) is 0 Å². The largest absolute Gasteiger partial charge is 0.385 e. The zero-order valence-electron chi connectivity index (χ0n) is 15.2. The lowest BCUT2D eigenvalue weighted by molar-refractivity contribution is 0.0777. The van der Waals surface area contributed by atoms with Gasteiger partial charge in [-0.05, 0) is 56.3 Å². The van der Waals surface area contributed by atoms with Crippen molar-refractivity contribution < 1.29 is 4.74 Å². The molecule has 2 rings (SSSR count). The molecule has 0 amide bonds. The number of aliphatic imine (C=N–C) groups is 1. The number of ether oxygens (including phenoxy) is 1. The quantitative estimate of drug-likeness (QED) is 0.326. The maximum atomic E-state index is 5.28. The zero-order valence-corrected chi connectivity index (χ0v) is 17.6. The summed E-state index contributed by atoms with van der Waals surface area (Å²) in [6.07, 6.45) is 10.5. The van der Waals surface area contributed by atoms with Crippen molar-refractivity contribution in [2.45, 2.75) is 65.2 Å². The molecule has 0 aromatic heterocycles. The standard InChI is InChI=1S/C18H35N3O.HI/c1-4-17(8-6-9-17)14-20-16(19-5-2)21-15-18(10-7-11-18)12-13-22-3;/h4-15H2,1-3H3,(H2,19,20,21);1H. The lowest BCUT2D eigenvalue weighted by Crippen LogP contribution is -2.47. The minimum Gasteiger partial charge on any atom is -0.385 e. The monoisotopic (exact) mass is 437 g/mol. The molecule has 0 atom stereocenters. The van der Waals surface area contributed by atoms with Crippen molar-refractivity contribution in [1.29, 1.82) is 0 Å². The van der Waals surface area contributed by atoms with Crippen LogP contribution in [0, 0.1) is 10.8 Å². The topological polar surface area (TPSA) is 45.7 Å². The maximum Gasteiger partial charge on any atom is 0.191 e. The number of guanidine groups is 1. The van der Waals surface area contributed by atoms with Crippen LogP contribution in [0.25, 0.3) is 0 Å². The maximum absolute atomic E-state index is 5.28. The Kier molecular flexibility index (Phi) is 9.19. The minimum absolute atomic E-state index is 0.